The van der Waals surface area contributed by atoms with E-state index in [0.29, 0.717) is 24.2 Å². The molecule has 0 spiro atoms. The number of anilines is 1. The third-order valence-corrected chi connectivity index (χ3v) is 2.46. The molecule has 1 aromatic rings. The molecule has 0 heterocycles. The highest BCUT2D eigenvalue weighted by Gasteiger charge is 2.31. The summed E-state index contributed by atoms with van der Waals surface area (Å²) in [6.07, 6.45) is 0.640. The predicted octanol–water partition coefficient (Wildman–Crippen LogP) is 3.21. The Morgan fingerprint density at radius 1 is 1.44 bits per heavy atom. The molecule has 1 N–H and O–H groups in total. The van der Waals surface area contributed by atoms with Crippen molar-refractivity contribution in [3.8, 4) is 5.75 Å². The van der Waals surface area contributed by atoms with Crippen LogP contribution in [0.25, 0.3) is 0 Å². The first-order chi connectivity index (χ1) is 8.38. The highest BCUT2D eigenvalue weighted by Crippen LogP contribution is 2.31. The summed E-state index contributed by atoms with van der Waals surface area (Å²) in [6, 6.07) is 4.55. The molecule has 0 saturated carbocycles. The molecule has 0 fully saturated rings. The van der Waals surface area contributed by atoms with Crippen LogP contribution in [-0.4, -0.2) is 22.6 Å². The number of carbonyl (C=O) groups is 2. The molecule has 0 aliphatic heterocycles. The fourth-order valence-electron chi connectivity index (χ4n) is 1.19. The summed E-state index contributed by atoms with van der Waals surface area (Å²) in [5.74, 6) is -0.429. The number of hydrogen-bond donors (Lipinski definition) is 1. The molecule has 0 saturated heterocycles. The molecule has 18 heavy (non-hydrogen) atoms. The first-order valence-corrected chi connectivity index (χ1v) is 6.12. The number of benzene rings is 1. The van der Waals surface area contributed by atoms with E-state index in [4.69, 9.17) is 39.5 Å². The van der Waals surface area contributed by atoms with Gasteiger partial charge in [-0.15, -0.1) is 0 Å². The van der Waals surface area contributed by atoms with Gasteiger partial charge in [0.1, 0.15) is 12.0 Å². The van der Waals surface area contributed by atoms with Crippen LogP contribution < -0.4 is 10.1 Å². The summed E-state index contributed by atoms with van der Waals surface area (Å²) in [7, 11) is 0. The minimum absolute atomic E-state index is 0.276. The van der Waals surface area contributed by atoms with E-state index in [2.05, 4.69) is 5.32 Å². The Morgan fingerprint density at radius 2 is 2.11 bits per heavy atom. The zero-order valence-electron chi connectivity index (χ0n) is 9.38. The molecule has 0 aromatic heterocycles. The van der Waals surface area contributed by atoms with Gasteiger partial charge in [0.2, 0.25) is 0 Å². The summed E-state index contributed by atoms with van der Waals surface area (Å²) in [6.45, 7) is 2.19. The average molecular weight is 311 g/mol. The van der Waals surface area contributed by atoms with Crippen LogP contribution in [0.4, 0.5) is 5.69 Å². The lowest BCUT2D eigenvalue weighted by atomic mass is 10.2. The Kier molecular flexibility index (Phi) is 5.26. The highest BCUT2D eigenvalue weighted by atomic mass is 35.6. The summed E-state index contributed by atoms with van der Waals surface area (Å²) in [4.78, 5) is 22.2. The Hall–Kier alpha value is -0.970. The fraction of sp³-hybridized carbons (Fsp3) is 0.273. The van der Waals surface area contributed by atoms with E-state index in [1.807, 2.05) is 0 Å². The Balaban J connectivity index is 3.04. The SMILES string of the molecule is CCOc1ccc(C=O)cc1NC(=O)C(Cl)(Cl)Cl. The van der Waals surface area contributed by atoms with Gasteiger partial charge in [-0.25, -0.2) is 0 Å². The average Bonchev–Trinajstić information content (AvgIpc) is 2.30. The second kappa shape index (κ2) is 6.27. The molecule has 0 atom stereocenters. The van der Waals surface area contributed by atoms with Crippen molar-refractivity contribution in [3.05, 3.63) is 23.8 Å². The number of rotatable bonds is 4. The van der Waals surface area contributed by atoms with E-state index >= 15 is 0 Å². The van der Waals surface area contributed by atoms with Crippen molar-refractivity contribution in [2.24, 2.45) is 0 Å². The van der Waals surface area contributed by atoms with E-state index in [1.54, 1.807) is 19.1 Å². The quantitative estimate of drug-likeness (QED) is 0.686. The zero-order chi connectivity index (χ0) is 13.8. The van der Waals surface area contributed by atoms with Crippen LogP contribution in [-0.2, 0) is 4.79 Å². The zero-order valence-corrected chi connectivity index (χ0v) is 11.6. The molecule has 4 nitrogen and oxygen atoms in total. The lowest BCUT2D eigenvalue weighted by Gasteiger charge is -2.15. The third-order valence-electron chi connectivity index (χ3n) is 1.95. The standard InChI is InChI=1S/C11H10Cl3NO3/c1-2-18-9-4-3-7(6-16)5-8(9)15-10(17)11(12,13)14/h3-6H,2H2,1H3,(H,15,17). The molecule has 0 aliphatic carbocycles. The lowest BCUT2D eigenvalue weighted by molar-refractivity contribution is -0.115. The number of hydrogen-bond acceptors (Lipinski definition) is 3. The molecule has 0 bridgehead atoms. The number of alkyl halides is 3. The van der Waals surface area contributed by atoms with E-state index in [-0.39, 0.29) is 5.69 Å². The fourth-order valence-corrected chi connectivity index (χ4v) is 1.33. The highest BCUT2D eigenvalue weighted by molar-refractivity contribution is 6.76. The van der Waals surface area contributed by atoms with Gasteiger partial charge in [-0.2, -0.15) is 0 Å². The topological polar surface area (TPSA) is 55.4 Å². The van der Waals surface area contributed by atoms with Crippen molar-refractivity contribution < 1.29 is 14.3 Å². The van der Waals surface area contributed by atoms with Gasteiger partial charge in [-0.3, -0.25) is 9.59 Å². The Morgan fingerprint density at radius 3 is 2.61 bits per heavy atom. The Bertz CT molecular complexity index is 457. The van der Waals surface area contributed by atoms with Gasteiger partial charge >= 0.3 is 0 Å². The van der Waals surface area contributed by atoms with Crippen LogP contribution >= 0.6 is 34.8 Å². The van der Waals surface area contributed by atoms with Gasteiger partial charge in [0.05, 0.1) is 12.3 Å². The van der Waals surface area contributed by atoms with Crippen molar-refractivity contribution in [1.29, 1.82) is 0 Å². The number of carbonyl (C=O) groups excluding carboxylic acids is 2. The van der Waals surface area contributed by atoms with E-state index in [9.17, 15) is 9.59 Å². The number of ether oxygens (including phenoxy) is 1. The van der Waals surface area contributed by atoms with E-state index in [0.717, 1.165) is 0 Å². The summed E-state index contributed by atoms with van der Waals surface area (Å²) >= 11 is 16.3. The predicted molar refractivity (Wildman–Crippen MR) is 71.9 cm³/mol. The normalized spacial score (nSPS) is 10.9. The van der Waals surface area contributed by atoms with Crippen molar-refractivity contribution in [1.82, 2.24) is 0 Å². The van der Waals surface area contributed by atoms with Crippen LogP contribution in [0.15, 0.2) is 18.2 Å². The van der Waals surface area contributed by atoms with E-state index < -0.39 is 9.70 Å². The first-order valence-electron chi connectivity index (χ1n) is 4.98. The molecular weight excluding hydrogens is 300 g/mol. The molecule has 1 aromatic carbocycles. The molecule has 0 unspecified atom stereocenters. The minimum Gasteiger partial charge on any atom is -0.492 e. The van der Waals surface area contributed by atoms with Crippen LogP contribution in [0.2, 0.25) is 0 Å². The summed E-state index contributed by atoms with van der Waals surface area (Å²) in [5.41, 5.74) is 0.649. The molecule has 0 aliphatic rings. The largest absolute Gasteiger partial charge is 0.492 e. The van der Waals surface area contributed by atoms with Crippen LogP contribution in [0.3, 0.4) is 0 Å². The molecule has 0 radical (unpaired) electrons. The first kappa shape index (κ1) is 15.1. The van der Waals surface area contributed by atoms with Crippen molar-refractivity contribution in [2.75, 3.05) is 11.9 Å². The van der Waals surface area contributed by atoms with Gasteiger partial charge in [0.15, 0.2) is 0 Å². The van der Waals surface area contributed by atoms with Gasteiger partial charge in [-0.1, -0.05) is 34.8 Å². The maximum atomic E-state index is 11.5. The smallest absolute Gasteiger partial charge is 0.276 e. The molecule has 1 amide bonds. The lowest BCUT2D eigenvalue weighted by Crippen LogP contribution is -2.27. The van der Waals surface area contributed by atoms with Crippen molar-refractivity contribution in [3.63, 3.8) is 0 Å². The molecular formula is C11H10Cl3NO3. The maximum absolute atomic E-state index is 11.5. The van der Waals surface area contributed by atoms with Crippen LogP contribution in [0.5, 0.6) is 5.75 Å². The molecule has 1 rings (SSSR count). The van der Waals surface area contributed by atoms with Gasteiger partial charge in [0.25, 0.3) is 9.70 Å². The van der Waals surface area contributed by atoms with Crippen molar-refractivity contribution >= 4 is 52.7 Å². The maximum Gasteiger partial charge on any atom is 0.276 e. The molecule has 7 heteroatoms. The van der Waals surface area contributed by atoms with Crippen molar-refractivity contribution in [2.45, 2.75) is 10.7 Å². The van der Waals surface area contributed by atoms with Gasteiger partial charge in [0, 0.05) is 5.56 Å². The summed E-state index contributed by atoms with van der Waals surface area (Å²) in [5, 5.41) is 2.39. The number of halogens is 3. The summed E-state index contributed by atoms with van der Waals surface area (Å²) < 4.78 is 3.21. The van der Waals surface area contributed by atoms with Gasteiger partial charge in [-0.05, 0) is 25.1 Å². The third kappa shape index (κ3) is 4.05. The number of aldehydes is 1. The molecule has 98 valence electrons. The Labute approximate surface area is 119 Å². The second-order valence-electron chi connectivity index (χ2n) is 3.26. The van der Waals surface area contributed by atoms with E-state index in [1.165, 1.54) is 6.07 Å². The van der Waals surface area contributed by atoms with Gasteiger partial charge < -0.3 is 10.1 Å². The minimum atomic E-state index is -2.08. The second-order valence-corrected chi connectivity index (χ2v) is 5.54. The number of amides is 1. The van der Waals surface area contributed by atoms with Crippen LogP contribution in [0.1, 0.15) is 17.3 Å². The van der Waals surface area contributed by atoms with Crippen LogP contribution in [0, 0.1) is 0 Å². The number of nitrogens with one attached hydrogen (secondary N) is 1. The monoisotopic (exact) mass is 309 g/mol.